The number of ether oxygens (including phenoxy) is 1. The largest absolute Gasteiger partial charge is 0.497 e. The van der Waals surface area contributed by atoms with Crippen LogP contribution >= 0.6 is 11.6 Å². The molecule has 2 aromatic carbocycles. The van der Waals surface area contributed by atoms with Crippen LogP contribution in [0.3, 0.4) is 0 Å². The summed E-state index contributed by atoms with van der Waals surface area (Å²) >= 11 is 6.16. The van der Waals surface area contributed by atoms with Gasteiger partial charge in [-0.2, -0.15) is 5.10 Å². The Balaban J connectivity index is 1.83. The lowest BCUT2D eigenvalue weighted by molar-refractivity contribution is 0.414. The SMILES string of the molecule is COc1ccc(-n2cnc(Cl)c2/C=N/Nc2ccccc2)cc1. The molecule has 0 bridgehead atoms. The lowest BCUT2D eigenvalue weighted by Gasteiger charge is -2.06. The fraction of sp³-hybridized carbons (Fsp3) is 0.0588. The number of aromatic nitrogens is 2. The molecule has 5 nitrogen and oxygen atoms in total. The van der Waals surface area contributed by atoms with Crippen molar-refractivity contribution in [2.75, 3.05) is 12.5 Å². The van der Waals surface area contributed by atoms with E-state index in [0.29, 0.717) is 10.8 Å². The zero-order valence-electron chi connectivity index (χ0n) is 12.5. The standard InChI is InChI=1S/C17H15ClN4O/c1-23-15-9-7-14(8-10-15)22-12-19-17(18)16(22)11-20-21-13-5-3-2-4-6-13/h2-12,21H,1H3/b20-11+. The molecule has 0 aliphatic carbocycles. The molecular formula is C17H15ClN4O. The fourth-order valence-corrected chi connectivity index (χ4v) is 2.26. The average molecular weight is 327 g/mol. The number of rotatable bonds is 5. The number of nitrogens with zero attached hydrogens (tertiary/aromatic N) is 3. The molecule has 0 radical (unpaired) electrons. The number of anilines is 1. The second-order valence-corrected chi connectivity index (χ2v) is 5.08. The van der Waals surface area contributed by atoms with Gasteiger partial charge in [-0.3, -0.25) is 9.99 Å². The number of para-hydroxylation sites is 1. The normalized spacial score (nSPS) is 10.9. The van der Waals surface area contributed by atoms with E-state index in [4.69, 9.17) is 16.3 Å². The van der Waals surface area contributed by atoms with Gasteiger partial charge in [-0.15, -0.1) is 0 Å². The van der Waals surface area contributed by atoms with Crippen molar-refractivity contribution in [1.82, 2.24) is 9.55 Å². The smallest absolute Gasteiger partial charge is 0.156 e. The number of hydrazone groups is 1. The molecule has 0 saturated carbocycles. The first-order chi connectivity index (χ1) is 11.3. The highest BCUT2D eigenvalue weighted by Crippen LogP contribution is 2.20. The third kappa shape index (κ3) is 3.52. The summed E-state index contributed by atoms with van der Waals surface area (Å²) in [5.41, 5.74) is 5.47. The predicted molar refractivity (Wildman–Crippen MR) is 92.8 cm³/mol. The van der Waals surface area contributed by atoms with E-state index in [1.165, 1.54) is 0 Å². The van der Waals surface area contributed by atoms with E-state index >= 15 is 0 Å². The molecule has 0 unspecified atom stereocenters. The van der Waals surface area contributed by atoms with E-state index in [-0.39, 0.29) is 0 Å². The topological polar surface area (TPSA) is 51.4 Å². The van der Waals surface area contributed by atoms with Gasteiger partial charge in [-0.05, 0) is 36.4 Å². The second-order valence-electron chi connectivity index (χ2n) is 4.72. The Kier molecular flexibility index (Phi) is 4.59. The van der Waals surface area contributed by atoms with Crippen molar-refractivity contribution in [1.29, 1.82) is 0 Å². The predicted octanol–water partition coefficient (Wildman–Crippen LogP) is 3.98. The summed E-state index contributed by atoms with van der Waals surface area (Å²) in [6.07, 6.45) is 3.31. The maximum absolute atomic E-state index is 6.16. The molecule has 1 heterocycles. The Labute approximate surface area is 139 Å². The maximum Gasteiger partial charge on any atom is 0.156 e. The van der Waals surface area contributed by atoms with E-state index < -0.39 is 0 Å². The molecule has 0 aliphatic heterocycles. The summed E-state index contributed by atoms with van der Waals surface area (Å²) in [5, 5.41) is 4.61. The number of benzene rings is 2. The van der Waals surface area contributed by atoms with Crippen LogP contribution < -0.4 is 10.2 Å². The van der Waals surface area contributed by atoms with Gasteiger partial charge >= 0.3 is 0 Å². The van der Waals surface area contributed by atoms with Gasteiger partial charge in [0.15, 0.2) is 5.15 Å². The quantitative estimate of drug-likeness (QED) is 0.570. The summed E-state index contributed by atoms with van der Waals surface area (Å²) in [6, 6.07) is 17.3. The lowest BCUT2D eigenvalue weighted by atomic mass is 10.3. The van der Waals surface area contributed by atoms with E-state index in [2.05, 4.69) is 15.5 Å². The van der Waals surface area contributed by atoms with Gasteiger partial charge in [0.05, 0.1) is 19.0 Å². The number of hydrogen-bond donors (Lipinski definition) is 1. The van der Waals surface area contributed by atoms with Crippen molar-refractivity contribution < 1.29 is 4.74 Å². The minimum atomic E-state index is 0.388. The highest BCUT2D eigenvalue weighted by molar-refractivity contribution is 6.31. The highest BCUT2D eigenvalue weighted by Gasteiger charge is 2.08. The Morgan fingerprint density at radius 1 is 1.13 bits per heavy atom. The van der Waals surface area contributed by atoms with Crippen LogP contribution in [0.5, 0.6) is 5.75 Å². The average Bonchev–Trinajstić information content (AvgIpc) is 2.97. The van der Waals surface area contributed by atoms with Crippen LogP contribution in [-0.4, -0.2) is 22.9 Å². The minimum absolute atomic E-state index is 0.388. The Morgan fingerprint density at radius 2 is 1.87 bits per heavy atom. The van der Waals surface area contributed by atoms with Crippen LogP contribution in [-0.2, 0) is 0 Å². The summed E-state index contributed by atoms with van der Waals surface area (Å²) in [6.45, 7) is 0. The van der Waals surface area contributed by atoms with Gasteiger partial charge in [0.2, 0.25) is 0 Å². The zero-order valence-corrected chi connectivity index (χ0v) is 13.2. The van der Waals surface area contributed by atoms with E-state index in [0.717, 1.165) is 17.1 Å². The first kappa shape index (κ1) is 15.1. The summed E-state index contributed by atoms with van der Waals surface area (Å²) in [7, 11) is 1.64. The van der Waals surface area contributed by atoms with Crippen LogP contribution in [0.15, 0.2) is 66.0 Å². The van der Waals surface area contributed by atoms with Gasteiger partial charge in [0, 0.05) is 5.69 Å². The van der Waals surface area contributed by atoms with Crippen LogP contribution in [0.1, 0.15) is 5.69 Å². The van der Waals surface area contributed by atoms with E-state index in [9.17, 15) is 0 Å². The first-order valence-corrected chi connectivity index (χ1v) is 7.37. The van der Waals surface area contributed by atoms with Crippen molar-refractivity contribution in [3.8, 4) is 11.4 Å². The number of methoxy groups -OCH3 is 1. The van der Waals surface area contributed by atoms with Crippen molar-refractivity contribution >= 4 is 23.5 Å². The Hall–Kier alpha value is -2.79. The van der Waals surface area contributed by atoms with Gasteiger partial charge in [-0.1, -0.05) is 29.8 Å². The molecule has 0 aliphatic rings. The van der Waals surface area contributed by atoms with Crippen molar-refractivity contribution in [3.05, 3.63) is 71.8 Å². The Bertz CT molecular complexity index is 797. The zero-order chi connectivity index (χ0) is 16.1. The molecule has 3 rings (SSSR count). The minimum Gasteiger partial charge on any atom is -0.497 e. The third-order valence-electron chi connectivity index (χ3n) is 3.26. The van der Waals surface area contributed by atoms with Crippen LogP contribution in [0.25, 0.3) is 5.69 Å². The molecule has 23 heavy (non-hydrogen) atoms. The molecule has 1 N–H and O–H groups in total. The van der Waals surface area contributed by atoms with Crippen LogP contribution in [0.2, 0.25) is 5.15 Å². The number of halogens is 1. The fourth-order valence-electron chi connectivity index (χ4n) is 2.08. The molecular weight excluding hydrogens is 312 g/mol. The molecule has 0 saturated heterocycles. The molecule has 0 atom stereocenters. The van der Waals surface area contributed by atoms with E-state index in [1.54, 1.807) is 19.7 Å². The number of hydrogen-bond acceptors (Lipinski definition) is 4. The number of nitrogens with one attached hydrogen (secondary N) is 1. The molecule has 0 amide bonds. The molecule has 6 heteroatoms. The van der Waals surface area contributed by atoms with Gasteiger partial charge in [0.25, 0.3) is 0 Å². The van der Waals surface area contributed by atoms with Crippen molar-refractivity contribution in [2.45, 2.75) is 0 Å². The van der Waals surface area contributed by atoms with Crippen molar-refractivity contribution in [2.24, 2.45) is 5.10 Å². The third-order valence-corrected chi connectivity index (χ3v) is 3.55. The summed E-state index contributed by atoms with van der Waals surface area (Å²) in [5.74, 6) is 0.793. The monoisotopic (exact) mass is 326 g/mol. The van der Waals surface area contributed by atoms with Crippen molar-refractivity contribution in [3.63, 3.8) is 0 Å². The molecule has 3 aromatic rings. The first-order valence-electron chi connectivity index (χ1n) is 6.99. The van der Waals surface area contributed by atoms with Gasteiger partial charge in [-0.25, -0.2) is 4.98 Å². The number of imidazole rings is 1. The van der Waals surface area contributed by atoms with E-state index in [1.807, 2.05) is 59.2 Å². The van der Waals surface area contributed by atoms with Crippen LogP contribution in [0.4, 0.5) is 5.69 Å². The molecule has 116 valence electrons. The van der Waals surface area contributed by atoms with Gasteiger partial charge < -0.3 is 4.74 Å². The highest BCUT2D eigenvalue weighted by atomic mass is 35.5. The Morgan fingerprint density at radius 3 is 2.57 bits per heavy atom. The summed E-state index contributed by atoms with van der Waals surface area (Å²) in [4.78, 5) is 4.14. The molecule has 0 fully saturated rings. The molecule has 0 spiro atoms. The molecule has 1 aromatic heterocycles. The summed E-state index contributed by atoms with van der Waals surface area (Å²) < 4.78 is 7.03. The maximum atomic E-state index is 6.16. The van der Waals surface area contributed by atoms with Crippen LogP contribution in [0, 0.1) is 0 Å². The lowest BCUT2D eigenvalue weighted by Crippen LogP contribution is -2.00. The van der Waals surface area contributed by atoms with Gasteiger partial charge in [0.1, 0.15) is 17.8 Å². The second kappa shape index (κ2) is 6.98.